The van der Waals surface area contributed by atoms with Crippen molar-refractivity contribution in [2.24, 2.45) is 0 Å². The monoisotopic (exact) mass is 573 g/mol. The molecule has 0 N–H and O–H groups in total. The summed E-state index contributed by atoms with van der Waals surface area (Å²) in [6.07, 6.45) is 0. The number of benzene rings is 8. The molecule has 0 heterocycles. The smallest absolute Gasteiger partial charge is 0.0546 e. The number of rotatable bonds is 6. The van der Waals surface area contributed by atoms with Gasteiger partial charge in [-0.2, -0.15) is 0 Å². The predicted molar refractivity (Wildman–Crippen MR) is 192 cm³/mol. The number of hydrogen-bond donors (Lipinski definition) is 0. The Bertz CT molecular complexity index is 2240. The Hall–Kier alpha value is -5.92. The van der Waals surface area contributed by atoms with E-state index in [1.54, 1.807) is 0 Å². The van der Waals surface area contributed by atoms with Gasteiger partial charge >= 0.3 is 0 Å². The second kappa shape index (κ2) is 11.6. The number of nitrogens with zero attached hydrogens (tertiary/aromatic N) is 1. The zero-order chi connectivity index (χ0) is 30.0. The van der Waals surface area contributed by atoms with Gasteiger partial charge in [-0.1, -0.05) is 164 Å². The summed E-state index contributed by atoms with van der Waals surface area (Å²) < 4.78 is 0. The standard InChI is InChI=1S/C44H31N/c1-5-18-32(19-6-1)36-26-15-16-30-40(36)45(35-24-11-4-12-25-35)41-31-17-29-39-43(34-22-9-3-10-23-34)42(33-20-7-2-8-21-33)37-27-13-14-28-38(37)44(39)41/h1-31H. The molecule has 8 rings (SSSR count). The Morgan fingerprint density at radius 3 is 1.38 bits per heavy atom. The lowest BCUT2D eigenvalue weighted by atomic mass is 9.84. The lowest BCUT2D eigenvalue weighted by Crippen LogP contribution is -2.12. The van der Waals surface area contributed by atoms with Gasteiger partial charge in [-0.25, -0.2) is 0 Å². The van der Waals surface area contributed by atoms with Crippen molar-refractivity contribution in [2.45, 2.75) is 0 Å². The van der Waals surface area contributed by atoms with E-state index in [9.17, 15) is 0 Å². The second-order valence-corrected chi connectivity index (χ2v) is 11.3. The lowest BCUT2D eigenvalue weighted by Gasteiger charge is -2.30. The number of anilines is 3. The molecule has 0 aliphatic heterocycles. The molecule has 212 valence electrons. The molecule has 8 aromatic carbocycles. The van der Waals surface area contributed by atoms with E-state index in [-0.39, 0.29) is 0 Å². The Morgan fingerprint density at radius 1 is 0.289 bits per heavy atom. The second-order valence-electron chi connectivity index (χ2n) is 11.3. The topological polar surface area (TPSA) is 3.24 Å². The molecule has 0 unspecified atom stereocenters. The largest absolute Gasteiger partial charge is 0.309 e. The summed E-state index contributed by atoms with van der Waals surface area (Å²) >= 11 is 0. The lowest BCUT2D eigenvalue weighted by molar-refractivity contribution is 1.30. The molecule has 0 aliphatic carbocycles. The van der Waals surface area contributed by atoms with Crippen molar-refractivity contribution in [3.05, 3.63) is 188 Å². The van der Waals surface area contributed by atoms with E-state index in [0.717, 1.165) is 17.1 Å². The molecule has 0 fully saturated rings. The van der Waals surface area contributed by atoms with Crippen LogP contribution >= 0.6 is 0 Å². The molecule has 0 bridgehead atoms. The highest BCUT2D eigenvalue weighted by Crippen LogP contribution is 2.50. The Kier molecular flexibility index (Phi) is 6.90. The summed E-state index contributed by atoms with van der Waals surface area (Å²) in [6.45, 7) is 0. The van der Waals surface area contributed by atoms with Crippen LogP contribution in [0.4, 0.5) is 17.1 Å². The molecule has 1 heteroatoms. The maximum atomic E-state index is 2.44. The third-order valence-corrected chi connectivity index (χ3v) is 8.64. The van der Waals surface area contributed by atoms with Gasteiger partial charge in [-0.05, 0) is 68.2 Å². The van der Waals surface area contributed by atoms with Gasteiger partial charge in [-0.15, -0.1) is 0 Å². The number of fused-ring (bicyclic) bond motifs is 3. The maximum absolute atomic E-state index is 2.44. The molecule has 1 nitrogen and oxygen atoms in total. The molecular formula is C44H31N. The van der Waals surface area contributed by atoms with Crippen LogP contribution in [0, 0.1) is 0 Å². The summed E-state index contributed by atoms with van der Waals surface area (Å²) in [7, 11) is 0. The van der Waals surface area contributed by atoms with E-state index >= 15 is 0 Å². The zero-order valence-electron chi connectivity index (χ0n) is 24.8. The van der Waals surface area contributed by atoms with Crippen LogP contribution in [0.1, 0.15) is 0 Å². The maximum Gasteiger partial charge on any atom is 0.0546 e. The SMILES string of the molecule is c1ccc(-c2ccccc2N(c2ccccc2)c2cccc3c(-c4ccccc4)c(-c4ccccc4)c4ccccc4c23)cc1. The Labute approximate surface area is 264 Å². The average Bonchev–Trinajstić information content (AvgIpc) is 3.13. The van der Waals surface area contributed by atoms with Crippen LogP contribution in [0.15, 0.2) is 188 Å². The van der Waals surface area contributed by atoms with Crippen molar-refractivity contribution < 1.29 is 0 Å². The van der Waals surface area contributed by atoms with Gasteiger partial charge in [0.2, 0.25) is 0 Å². The highest BCUT2D eigenvalue weighted by Gasteiger charge is 2.23. The van der Waals surface area contributed by atoms with E-state index in [1.807, 2.05) is 0 Å². The average molecular weight is 574 g/mol. The molecule has 8 aromatic rings. The molecule has 0 saturated heterocycles. The molecule has 0 saturated carbocycles. The first-order valence-corrected chi connectivity index (χ1v) is 15.5. The normalized spacial score (nSPS) is 11.1. The third kappa shape index (κ3) is 4.76. The van der Waals surface area contributed by atoms with Crippen LogP contribution < -0.4 is 4.90 Å². The Balaban J connectivity index is 1.53. The summed E-state index contributed by atoms with van der Waals surface area (Å²) in [5, 5.41) is 4.94. The fourth-order valence-electron chi connectivity index (χ4n) is 6.73. The van der Waals surface area contributed by atoms with Gasteiger partial charge in [0.05, 0.1) is 11.4 Å². The van der Waals surface area contributed by atoms with Gasteiger partial charge in [0, 0.05) is 16.6 Å². The van der Waals surface area contributed by atoms with Crippen molar-refractivity contribution in [1.29, 1.82) is 0 Å². The van der Waals surface area contributed by atoms with E-state index in [1.165, 1.54) is 54.9 Å². The van der Waals surface area contributed by atoms with Crippen LogP contribution in [-0.4, -0.2) is 0 Å². The predicted octanol–water partition coefficient (Wildman–Crippen LogP) is 12.5. The van der Waals surface area contributed by atoms with Crippen LogP contribution in [0.3, 0.4) is 0 Å². The van der Waals surface area contributed by atoms with Gasteiger partial charge in [0.15, 0.2) is 0 Å². The highest BCUT2D eigenvalue weighted by atomic mass is 15.1. The minimum absolute atomic E-state index is 1.12. The molecule has 0 aromatic heterocycles. The highest BCUT2D eigenvalue weighted by molar-refractivity contribution is 6.25. The first-order valence-electron chi connectivity index (χ1n) is 15.5. The number of hydrogen-bond acceptors (Lipinski definition) is 1. The van der Waals surface area contributed by atoms with E-state index < -0.39 is 0 Å². The molecule has 0 atom stereocenters. The Morgan fingerprint density at radius 2 is 0.733 bits per heavy atom. The minimum atomic E-state index is 1.12. The quantitative estimate of drug-likeness (QED) is 0.179. The summed E-state index contributed by atoms with van der Waals surface area (Å²) in [6, 6.07) is 67.6. The van der Waals surface area contributed by atoms with Crippen molar-refractivity contribution >= 4 is 38.6 Å². The minimum Gasteiger partial charge on any atom is -0.309 e. The molecular weight excluding hydrogens is 542 g/mol. The van der Waals surface area contributed by atoms with Crippen molar-refractivity contribution in [1.82, 2.24) is 0 Å². The molecule has 0 aliphatic rings. The van der Waals surface area contributed by atoms with E-state index in [4.69, 9.17) is 0 Å². The summed E-state index contributed by atoms with van der Waals surface area (Å²) in [5.41, 5.74) is 10.7. The molecule has 0 spiro atoms. The van der Waals surface area contributed by atoms with Gasteiger partial charge in [0.25, 0.3) is 0 Å². The molecule has 45 heavy (non-hydrogen) atoms. The zero-order valence-corrected chi connectivity index (χ0v) is 24.8. The van der Waals surface area contributed by atoms with Gasteiger partial charge in [-0.3, -0.25) is 0 Å². The first kappa shape index (κ1) is 26.7. The van der Waals surface area contributed by atoms with Gasteiger partial charge < -0.3 is 4.90 Å². The van der Waals surface area contributed by atoms with Crippen LogP contribution in [0.2, 0.25) is 0 Å². The van der Waals surface area contributed by atoms with Crippen molar-refractivity contribution in [2.75, 3.05) is 4.90 Å². The van der Waals surface area contributed by atoms with E-state index in [2.05, 4.69) is 193 Å². The molecule has 0 amide bonds. The third-order valence-electron chi connectivity index (χ3n) is 8.64. The van der Waals surface area contributed by atoms with Crippen LogP contribution in [-0.2, 0) is 0 Å². The van der Waals surface area contributed by atoms with Crippen LogP contribution in [0.25, 0.3) is 54.9 Å². The van der Waals surface area contributed by atoms with Crippen LogP contribution in [0.5, 0.6) is 0 Å². The summed E-state index contributed by atoms with van der Waals surface area (Å²) in [4.78, 5) is 2.44. The number of para-hydroxylation sites is 2. The van der Waals surface area contributed by atoms with E-state index in [0.29, 0.717) is 0 Å². The van der Waals surface area contributed by atoms with Crippen molar-refractivity contribution in [3.63, 3.8) is 0 Å². The summed E-state index contributed by atoms with van der Waals surface area (Å²) in [5.74, 6) is 0. The fraction of sp³-hybridized carbons (Fsp3) is 0. The van der Waals surface area contributed by atoms with Crippen molar-refractivity contribution in [3.8, 4) is 33.4 Å². The van der Waals surface area contributed by atoms with Gasteiger partial charge in [0.1, 0.15) is 0 Å². The first-order chi connectivity index (χ1) is 22.4. The molecule has 0 radical (unpaired) electrons. The fourth-order valence-corrected chi connectivity index (χ4v) is 6.73.